The Kier molecular flexibility index (Phi) is 4.67. The van der Waals surface area contributed by atoms with Gasteiger partial charge in [0.1, 0.15) is 0 Å². The lowest BCUT2D eigenvalue weighted by molar-refractivity contribution is -0.140. The van der Waals surface area contributed by atoms with Crippen LogP contribution in [0.1, 0.15) is 26.2 Å². The van der Waals surface area contributed by atoms with E-state index in [1.54, 1.807) is 0 Å². The van der Waals surface area contributed by atoms with Gasteiger partial charge in [0, 0.05) is 18.3 Å². The molecule has 8 heteroatoms. The van der Waals surface area contributed by atoms with Gasteiger partial charge in [-0.05, 0) is 6.42 Å². The molecule has 0 amide bonds. The van der Waals surface area contributed by atoms with Gasteiger partial charge in [0.15, 0.2) is 0 Å². The molecule has 0 saturated carbocycles. The van der Waals surface area contributed by atoms with E-state index in [0.29, 0.717) is 10.1 Å². The first-order valence-electron chi connectivity index (χ1n) is 6.32. The summed E-state index contributed by atoms with van der Waals surface area (Å²) in [6, 6.07) is 1.29. The summed E-state index contributed by atoms with van der Waals surface area (Å²) in [6.07, 6.45) is 3.46. The van der Waals surface area contributed by atoms with Gasteiger partial charge < -0.3 is 10.1 Å². The second kappa shape index (κ2) is 6.47. The smallest absolute Gasteiger partial charge is 0.307 e. The van der Waals surface area contributed by atoms with Crippen LogP contribution in [0.3, 0.4) is 0 Å². The maximum Gasteiger partial charge on any atom is 0.307 e. The van der Waals surface area contributed by atoms with E-state index >= 15 is 0 Å². The fourth-order valence-corrected chi connectivity index (χ4v) is 2.69. The van der Waals surface area contributed by atoms with Crippen LogP contribution >= 0.6 is 11.3 Å². The van der Waals surface area contributed by atoms with Crippen LogP contribution in [-0.4, -0.2) is 33.7 Å². The van der Waals surface area contributed by atoms with E-state index in [9.17, 15) is 9.59 Å². The maximum absolute atomic E-state index is 11.6. The van der Waals surface area contributed by atoms with Gasteiger partial charge in [-0.25, -0.2) is 4.98 Å². The van der Waals surface area contributed by atoms with E-state index in [1.807, 2.05) is 6.92 Å². The van der Waals surface area contributed by atoms with E-state index in [1.165, 1.54) is 35.2 Å². The van der Waals surface area contributed by atoms with Crippen molar-refractivity contribution in [1.82, 2.24) is 14.6 Å². The SMILES string of the molecule is CCCC(CC(=O)OC)Nc1nn2c(=O)ccnc2s1. The molecule has 1 atom stereocenters. The zero-order chi connectivity index (χ0) is 14.5. The third-order valence-electron chi connectivity index (χ3n) is 2.78. The van der Waals surface area contributed by atoms with E-state index in [4.69, 9.17) is 0 Å². The molecule has 1 unspecified atom stereocenters. The van der Waals surface area contributed by atoms with E-state index in [-0.39, 0.29) is 24.0 Å². The lowest BCUT2D eigenvalue weighted by atomic mass is 10.1. The summed E-state index contributed by atoms with van der Waals surface area (Å²) in [5, 5.41) is 7.91. The number of carbonyl (C=O) groups excluding carboxylic acids is 1. The number of hydrogen-bond donors (Lipinski definition) is 1. The third kappa shape index (κ3) is 3.32. The Morgan fingerprint density at radius 1 is 1.60 bits per heavy atom. The van der Waals surface area contributed by atoms with E-state index in [0.717, 1.165) is 12.8 Å². The number of fused-ring (bicyclic) bond motifs is 1. The number of anilines is 1. The largest absolute Gasteiger partial charge is 0.469 e. The van der Waals surface area contributed by atoms with Gasteiger partial charge in [0.2, 0.25) is 10.1 Å². The summed E-state index contributed by atoms with van der Waals surface area (Å²) in [5.74, 6) is -0.271. The number of nitrogens with one attached hydrogen (secondary N) is 1. The molecule has 2 heterocycles. The van der Waals surface area contributed by atoms with Gasteiger partial charge in [-0.1, -0.05) is 24.7 Å². The van der Waals surface area contributed by atoms with Crippen LogP contribution < -0.4 is 10.9 Å². The summed E-state index contributed by atoms with van der Waals surface area (Å²) in [4.78, 5) is 27.6. The molecule has 2 aromatic heterocycles. The first-order chi connectivity index (χ1) is 9.63. The molecule has 0 fully saturated rings. The van der Waals surface area contributed by atoms with Gasteiger partial charge in [-0.3, -0.25) is 9.59 Å². The van der Waals surface area contributed by atoms with Gasteiger partial charge >= 0.3 is 5.97 Å². The van der Waals surface area contributed by atoms with Gasteiger partial charge in [0.05, 0.1) is 13.5 Å². The zero-order valence-electron chi connectivity index (χ0n) is 11.3. The lowest BCUT2D eigenvalue weighted by Crippen LogP contribution is -2.24. The van der Waals surface area contributed by atoms with Crippen molar-refractivity contribution in [2.75, 3.05) is 12.4 Å². The third-order valence-corrected chi connectivity index (χ3v) is 3.63. The number of aromatic nitrogens is 3. The normalized spacial score (nSPS) is 12.3. The molecule has 0 aliphatic rings. The van der Waals surface area contributed by atoms with Crippen LogP contribution in [0, 0.1) is 0 Å². The zero-order valence-corrected chi connectivity index (χ0v) is 12.1. The molecule has 0 aliphatic heterocycles. The highest BCUT2D eigenvalue weighted by molar-refractivity contribution is 7.20. The standard InChI is InChI=1S/C12H16N4O3S/c1-3-4-8(7-10(18)19-2)14-11-15-16-9(17)5-6-13-12(16)20-11/h5-6,8H,3-4,7H2,1-2H3,(H,14,15). The molecule has 108 valence electrons. The Labute approximate surface area is 119 Å². The summed E-state index contributed by atoms with van der Waals surface area (Å²) in [5.41, 5.74) is -0.223. The molecule has 0 spiro atoms. The van der Waals surface area contributed by atoms with Crippen LogP contribution in [0.4, 0.5) is 5.13 Å². The van der Waals surface area contributed by atoms with Crippen molar-refractivity contribution in [1.29, 1.82) is 0 Å². The molecule has 0 bridgehead atoms. The molecule has 0 aliphatic carbocycles. The number of carbonyl (C=O) groups is 1. The summed E-state index contributed by atoms with van der Waals surface area (Å²) < 4.78 is 5.92. The van der Waals surface area contributed by atoms with E-state index < -0.39 is 0 Å². The molecule has 2 aromatic rings. The number of hydrogen-bond acceptors (Lipinski definition) is 7. The molecule has 2 rings (SSSR count). The van der Waals surface area contributed by atoms with Crippen molar-refractivity contribution >= 4 is 27.4 Å². The fraction of sp³-hybridized carbons (Fsp3) is 0.500. The molecule has 0 radical (unpaired) electrons. The van der Waals surface area contributed by atoms with Crippen LogP contribution in [0.15, 0.2) is 17.1 Å². The van der Waals surface area contributed by atoms with Crippen molar-refractivity contribution in [3.63, 3.8) is 0 Å². The van der Waals surface area contributed by atoms with Crippen molar-refractivity contribution in [2.45, 2.75) is 32.2 Å². The number of nitrogens with zero attached hydrogens (tertiary/aromatic N) is 3. The topological polar surface area (TPSA) is 85.6 Å². The minimum atomic E-state index is -0.271. The fourth-order valence-electron chi connectivity index (χ4n) is 1.83. The quantitative estimate of drug-likeness (QED) is 0.809. The van der Waals surface area contributed by atoms with Gasteiger partial charge in [-0.15, -0.1) is 5.10 Å². The number of ether oxygens (including phenoxy) is 1. The Morgan fingerprint density at radius 2 is 2.40 bits per heavy atom. The number of rotatable bonds is 6. The van der Waals surface area contributed by atoms with E-state index in [2.05, 4.69) is 20.1 Å². The molecular formula is C12H16N4O3S. The van der Waals surface area contributed by atoms with Crippen LogP contribution in [0.5, 0.6) is 0 Å². The lowest BCUT2D eigenvalue weighted by Gasteiger charge is -2.15. The van der Waals surface area contributed by atoms with Crippen molar-refractivity contribution < 1.29 is 9.53 Å². The highest BCUT2D eigenvalue weighted by atomic mass is 32.1. The van der Waals surface area contributed by atoms with Crippen LogP contribution in [-0.2, 0) is 9.53 Å². The number of esters is 1. The average molecular weight is 296 g/mol. The second-order valence-electron chi connectivity index (χ2n) is 4.29. The molecule has 7 nitrogen and oxygen atoms in total. The Bertz CT molecular complexity index is 651. The molecule has 0 saturated heterocycles. The molecular weight excluding hydrogens is 280 g/mol. The Morgan fingerprint density at radius 3 is 3.05 bits per heavy atom. The predicted octanol–water partition coefficient (Wildman–Crippen LogP) is 1.29. The monoisotopic (exact) mass is 296 g/mol. The minimum Gasteiger partial charge on any atom is -0.469 e. The van der Waals surface area contributed by atoms with Crippen molar-refractivity contribution in [2.24, 2.45) is 0 Å². The molecule has 1 N–H and O–H groups in total. The predicted molar refractivity (Wildman–Crippen MR) is 76.1 cm³/mol. The highest BCUT2D eigenvalue weighted by Crippen LogP contribution is 2.19. The average Bonchev–Trinajstić information content (AvgIpc) is 2.83. The first-order valence-corrected chi connectivity index (χ1v) is 7.14. The van der Waals surface area contributed by atoms with Crippen LogP contribution in [0.25, 0.3) is 4.96 Å². The molecule has 0 aromatic carbocycles. The highest BCUT2D eigenvalue weighted by Gasteiger charge is 2.16. The van der Waals surface area contributed by atoms with Crippen molar-refractivity contribution in [3.05, 3.63) is 22.6 Å². The summed E-state index contributed by atoms with van der Waals surface area (Å²) >= 11 is 1.28. The van der Waals surface area contributed by atoms with Crippen molar-refractivity contribution in [3.8, 4) is 0 Å². The Balaban J connectivity index is 2.17. The summed E-state index contributed by atoms with van der Waals surface area (Å²) in [6.45, 7) is 2.04. The Hall–Kier alpha value is -1.96. The first kappa shape index (κ1) is 14.4. The van der Waals surface area contributed by atoms with Gasteiger partial charge in [0.25, 0.3) is 5.56 Å². The second-order valence-corrected chi connectivity index (χ2v) is 5.25. The van der Waals surface area contributed by atoms with Gasteiger partial charge in [-0.2, -0.15) is 4.52 Å². The minimum absolute atomic E-state index is 0.0660. The maximum atomic E-state index is 11.6. The number of methoxy groups -OCH3 is 1. The van der Waals surface area contributed by atoms with Crippen LogP contribution in [0.2, 0.25) is 0 Å². The molecule has 20 heavy (non-hydrogen) atoms. The summed E-state index contributed by atoms with van der Waals surface area (Å²) in [7, 11) is 1.37.